The number of halogens is 2. The van der Waals surface area contributed by atoms with Crippen molar-refractivity contribution in [2.24, 2.45) is 4.99 Å². The summed E-state index contributed by atoms with van der Waals surface area (Å²) in [4.78, 5) is 8.83. The topological polar surface area (TPSA) is 67.8 Å². The van der Waals surface area contributed by atoms with Gasteiger partial charge in [-0.15, -0.1) is 35.3 Å². The van der Waals surface area contributed by atoms with E-state index in [2.05, 4.69) is 39.8 Å². The minimum Gasteiger partial charge on any atom is -0.467 e. The van der Waals surface area contributed by atoms with Gasteiger partial charge in [-0.2, -0.15) is 0 Å². The van der Waals surface area contributed by atoms with Crippen molar-refractivity contribution in [3.8, 4) is 5.75 Å². The highest BCUT2D eigenvalue weighted by molar-refractivity contribution is 14.0. The lowest BCUT2D eigenvalue weighted by atomic mass is 10.1. The van der Waals surface area contributed by atoms with Crippen molar-refractivity contribution < 1.29 is 13.9 Å². The SMILES string of the molecule is CN=C(NCCc1cc(F)cc2c1OCOC2)NCc1nc(C(C)C)cs1.I. The minimum absolute atomic E-state index is 0. The van der Waals surface area contributed by atoms with Crippen LogP contribution in [0.1, 0.15) is 41.6 Å². The predicted octanol–water partition coefficient (Wildman–Crippen LogP) is 3.80. The Hall–Kier alpha value is -1.46. The quantitative estimate of drug-likeness (QED) is 0.345. The van der Waals surface area contributed by atoms with Crippen LogP contribution in [-0.2, 0) is 24.3 Å². The van der Waals surface area contributed by atoms with E-state index in [4.69, 9.17) is 9.47 Å². The van der Waals surface area contributed by atoms with Crippen LogP contribution in [0.3, 0.4) is 0 Å². The van der Waals surface area contributed by atoms with Gasteiger partial charge in [0, 0.05) is 24.5 Å². The van der Waals surface area contributed by atoms with Crippen LogP contribution >= 0.6 is 35.3 Å². The number of nitrogens with one attached hydrogen (secondary N) is 2. The average Bonchev–Trinajstić information content (AvgIpc) is 3.13. The second kappa shape index (κ2) is 10.9. The summed E-state index contributed by atoms with van der Waals surface area (Å²) < 4.78 is 24.6. The molecule has 154 valence electrons. The maximum absolute atomic E-state index is 13.8. The molecule has 0 fully saturated rings. The van der Waals surface area contributed by atoms with Crippen molar-refractivity contribution in [2.75, 3.05) is 20.4 Å². The smallest absolute Gasteiger partial charge is 0.191 e. The summed E-state index contributed by atoms with van der Waals surface area (Å²) in [6.07, 6.45) is 0.621. The van der Waals surface area contributed by atoms with E-state index in [0.29, 0.717) is 38.0 Å². The average molecular weight is 520 g/mol. The normalized spacial score (nSPS) is 13.5. The highest BCUT2D eigenvalue weighted by atomic mass is 127. The molecular formula is C19H26FIN4O2S. The third kappa shape index (κ3) is 6.02. The first-order valence-electron chi connectivity index (χ1n) is 8.97. The molecule has 0 radical (unpaired) electrons. The van der Waals surface area contributed by atoms with Crippen LogP contribution in [0, 0.1) is 5.82 Å². The molecule has 0 aliphatic carbocycles. The van der Waals surface area contributed by atoms with E-state index in [1.165, 1.54) is 12.1 Å². The molecule has 1 aromatic heterocycles. The van der Waals surface area contributed by atoms with E-state index >= 15 is 0 Å². The standard InChI is InChI=1S/C19H25FN4O2S.HI/c1-12(2)16-10-27-17(24-16)8-23-19(21-3)22-5-4-13-6-15(20)7-14-9-25-11-26-18(13)14;/h6-7,10,12H,4-5,8-9,11H2,1-3H3,(H2,21,22,23);1H. The van der Waals surface area contributed by atoms with Gasteiger partial charge >= 0.3 is 0 Å². The predicted molar refractivity (Wildman–Crippen MR) is 120 cm³/mol. The van der Waals surface area contributed by atoms with Crippen molar-refractivity contribution in [1.29, 1.82) is 0 Å². The number of aromatic nitrogens is 1. The van der Waals surface area contributed by atoms with Crippen LogP contribution in [0.5, 0.6) is 5.75 Å². The van der Waals surface area contributed by atoms with E-state index in [-0.39, 0.29) is 36.6 Å². The Balaban J connectivity index is 0.00000280. The summed E-state index contributed by atoms with van der Waals surface area (Å²) in [5.74, 6) is 1.57. The van der Waals surface area contributed by atoms with E-state index in [1.54, 1.807) is 18.4 Å². The highest BCUT2D eigenvalue weighted by Crippen LogP contribution is 2.29. The summed E-state index contributed by atoms with van der Waals surface area (Å²) >= 11 is 1.64. The van der Waals surface area contributed by atoms with E-state index < -0.39 is 0 Å². The van der Waals surface area contributed by atoms with E-state index in [9.17, 15) is 4.39 Å². The molecule has 0 saturated carbocycles. The second-order valence-corrected chi connectivity index (χ2v) is 7.53. The fourth-order valence-corrected chi connectivity index (χ4v) is 3.70. The Kier molecular flexibility index (Phi) is 8.90. The number of benzene rings is 1. The van der Waals surface area contributed by atoms with Crippen LogP contribution in [0.4, 0.5) is 4.39 Å². The number of nitrogens with zero attached hydrogens (tertiary/aromatic N) is 2. The van der Waals surface area contributed by atoms with Crippen LogP contribution < -0.4 is 15.4 Å². The summed E-state index contributed by atoms with van der Waals surface area (Å²) in [7, 11) is 1.72. The lowest BCUT2D eigenvalue weighted by molar-refractivity contribution is -0.0172. The number of fused-ring (bicyclic) bond motifs is 1. The summed E-state index contributed by atoms with van der Waals surface area (Å²) in [5.41, 5.74) is 2.70. The zero-order valence-electron chi connectivity index (χ0n) is 16.3. The number of rotatable bonds is 6. The second-order valence-electron chi connectivity index (χ2n) is 6.59. The van der Waals surface area contributed by atoms with Gasteiger partial charge in [0.25, 0.3) is 0 Å². The molecule has 1 aliphatic heterocycles. The zero-order valence-corrected chi connectivity index (χ0v) is 19.4. The summed E-state index contributed by atoms with van der Waals surface area (Å²) in [6.45, 7) is 6.07. The molecule has 0 amide bonds. The Bertz CT molecular complexity index is 813. The van der Waals surface area contributed by atoms with Crippen LogP contribution in [0.25, 0.3) is 0 Å². The molecular weight excluding hydrogens is 494 g/mol. The number of guanidine groups is 1. The Morgan fingerprint density at radius 3 is 2.89 bits per heavy atom. The molecule has 28 heavy (non-hydrogen) atoms. The van der Waals surface area contributed by atoms with Gasteiger partial charge in [-0.3, -0.25) is 4.99 Å². The van der Waals surface area contributed by atoms with Gasteiger partial charge < -0.3 is 20.1 Å². The Labute approximate surface area is 186 Å². The molecule has 2 N–H and O–H groups in total. The number of aliphatic imine (C=N–C) groups is 1. The Morgan fingerprint density at radius 2 is 2.18 bits per heavy atom. The van der Waals surface area contributed by atoms with E-state index in [0.717, 1.165) is 27.6 Å². The lowest BCUT2D eigenvalue weighted by Gasteiger charge is -2.21. The van der Waals surface area contributed by atoms with Crippen molar-refractivity contribution in [2.45, 2.75) is 39.3 Å². The molecule has 2 heterocycles. The van der Waals surface area contributed by atoms with Crippen LogP contribution in [0.15, 0.2) is 22.5 Å². The lowest BCUT2D eigenvalue weighted by Crippen LogP contribution is -2.37. The molecule has 0 unspecified atom stereocenters. The van der Waals surface area contributed by atoms with E-state index in [1.807, 2.05) is 0 Å². The first kappa shape index (κ1) is 22.8. The summed E-state index contributed by atoms with van der Waals surface area (Å²) in [5, 5.41) is 9.62. The number of hydrogen-bond acceptors (Lipinski definition) is 5. The molecule has 0 spiro atoms. The van der Waals surface area contributed by atoms with Crippen molar-refractivity contribution in [3.63, 3.8) is 0 Å². The van der Waals surface area contributed by atoms with Gasteiger partial charge in [0.1, 0.15) is 16.6 Å². The highest BCUT2D eigenvalue weighted by Gasteiger charge is 2.16. The monoisotopic (exact) mass is 520 g/mol. The fraction of sp³-hybridized carbons (Fsp3) is 0.474. The van der Waals surface area contributed by atoms with Gasteiger partial charge in [-0.25, -0.2) is 9.37 Å². The van der Waals surface area contributed by atoms with Crippen molar-refractivity contribution in [1.82, 2.24) is 15.6 Å². The van der Waals surface area contributed by atoms with Gasteiger partial charge in [0.2, 0.25) is 0 Å². The third-order valence-electron chi connectivity index (χ3n) is 4.23. The molecule has 3 rings (SSSR count). The van der Waals surface area contributed by atoms with Crippen molar-refractivity contribution in [3.05, 3.63) is 45.2 Å². The number of ether oxygens (including phenoxy) is 2. The van der Waals surface area contributed by atoms with Gasteiger partial charge in [-0.1, -0.05) is 13.8 Å². The fourth-order valence-electron chi connectivity index (χ4n) is 2.81. The van der Waals surface area contributed by atoms with Crippen molar-refractivity contribution >= 4 is 41.3 Å². The molecule has 9 heteroatoms. The molecule has 6 nitrogen and oxygen atoms in total. The molecule has 1 aliphatic rings. The zero-order chi connectivity index (χ0) is 19.2. The molecule has 2 aromatic rings. The number of thiazole rings is 1. The van der Waals surface area contributed by atoms with Gasteiger partial charge in [-0.05, 0) is 30.0 Å². The van der Waals surface area contributed by atoms with Crippen LogP contribution in [-0.4, -0.2) is 31.3 Å². The summed E-state index contributed by atoms with van der Waals surface area (Å²) in [6, 6.07) is 2.98. The van der Waals surface area contributed by atoms with Gasteiger partial charge in [0.05, 0.1) is 18.8 Å². The largest absolute Gasteiger partial charge is 0.467 e. The molecule has 0 atom stereocenters. The maximum Gasteiger partial charge on any atom is 0.191 e. The third-order valence-corrected chi connectivity index (χ3v) is 5.10. The molecule has 0 bridgehead atoms. The first-order chi connectivity index (χ1) is 13.1. The minimum atomic E-state index is -0.273. The van der Waals surface area contributed by atoms with Crippen LogP contribution in [0.2, 0.25) is 0 Å². The first-order valence-corrected chi connectivity index (χ1v) is 9.85. The molecule has 1 aromatic carbocycles. The molecule has 0 saturated heterocycles. The Morgan fingerprint density at radius 1 is 1.36 bits per heavy atom. The van der Waals surface area contributed by atoms with Gasteiger partial charge in [0.15, 0.2) is 12.8 Å². The maximum atomic E-state index is 13.8. The number of hydrogen-bond donors (Lipinski definition) is 2.